The number of likely N-dealkylation sites (tertiary alicyclic amines) is 1. The number of nitrogens with one attached hydrogen (secondary N) is 1. The monoisotopic (exact) mass is 455 g/mol. The molecule has 4 saturated heterocycles. The number of fused-ring (bicyclic) bond motifs is 4. The molecule has 33 heavy (non-hydrogen) atoms. The molecule has 180 valence electrons. The molecule has 4 aliphatic rings. The van der Waals surface area contributed by atoms with Crippen LogP contribution in [0.4, 0.5) is 0 Å². The van der Waals surface area contributed by atoms with Gasteiger partial charge in [0.25, 0.3) is 5.97 Å². The molecule has 0 saturated carbocycles. The number of aliphatic carboxylic acids is 1. The van der Waals surface area contributed by atoms with Gasteiger partial charge in [-0.3, -0.25) is 14.4 Å². The Morgan fingerprint density at radius 2 is 1.79 bits per heavy atom. The number of rotatable bonds is 3. The number of carbonyl (C=O) groups excluding carboxylic acids is 2. The van der Waals surface area contributed by atoms with Crippen LogP contribution in [-0.2, 0) is 20.8 Å². The van der Waals surface area contributed by atoms with Crippen molar-refractivity contribution < 1.29 is 19.5 Å². The maximum Gasteiger partial charge on any atom is 0.300 e. The minimum Gasteiger partial charge on any atom is -0.481 e. The Balaban J connectivity index is 0.000000601. The minimum atomic E-state index is -0.833. The summed E-state index contributed by atoms with van der Waals surface area (Å²) in [6.07, 6.45) is 8.13. The van der Waals surface area contributed by atoms with E-state index in [9.17, 15) is 9.59 Å². The fourth-order valence-corrected chi connectivity index (χ4v) is 6.36. The lowest BCUT2D eigenvalue weighted by atomic mass is 9.70. The number of amides is 2. The van der Waals surface area contributed by atoms with Crippen LogP contribution in [0.2, 0.25) is 0 Å². The summed E-state index contributed by atoms with van der Waals surface area (Å²) in [5.74, 6) is 0.636. The van der Waals surface area contributed by atoms with Gasteiger partial charge in [0, 0.05) is 38.5 Å². The second kappa shape index (κ2) is 10.7. The standard InChI is InChI=1S/C24H33N3O2.C2H4O2/c28-23-11-6-10-21-18-14-19(22(27(21)23)13-17-7-2-1-3-8-17)16-26(15-18)24(29)20-9-4-5-12-25-20;1-2(3)4/h1-3,7-8,18-22,25H,4-6,9-16H2;1H3,(H,3,4)/t18-,19+,20-,21+,22+;/m1./s1. The second-order valence-electron chi connectivity index (χ2n) is 10.0. The molecule has 0 spiro atoms. The van der Waals surface area contributed by atoms with Gasteiger partial charge in [-0.05, 0) is 62.5 Å². The summed E-state index contributed by atoms with van der Waals surface area (Å²) in [5, 5.41) is 10.9. The molecule has 0 aromatic heterocycles. The SMILES string of the molecule is CC(=O)O.O=C([C@H]1CCCCN1)N1C[C@H]2C[C@@H](C1)[C@H](Cc1ccccc1)N1C(=O)CCC[C@@H]21. The Kier molecular flexibility index (Phi) is 7.68. The first-order valence-corrected chi connectivity index (χ1v) is 12.5. The third-order valence-electron chi connectivity index (χ3n) is 7.70. The van der Waals surface area contributed by atoms with Crippen molar-refractivity contribution in [2.45, 2.75) is 76.4 Å². The first kappa shape index (κ1) is 23.7. The molecular weight excluding hydrogens is 418 g/mol. The van der Waals surface area contributed by atoms with Gasteiger partial charge in [0.1, 0.15) is 0 Å². The molecule has 7 nitrogen and oxygen atoms in total. The van der Waals surface area contributed by atoms with E-state index >= 15 is 0 Å². The van der Waals surface area contributed by atoms with E-state index in [1.807, 2.05) is 6.07 Å². The highest BCUT2D eigenvalue weighted by Crippen LogP contribution is 2.42. The Morgan fingerprint density at radius 1 is 1.06 bits per heavy atom. The predicted molar refractivity (Wildman–Crippen MR) is 126 cm³/mol. The van der Waals surface area contributed by atoms with Crippen molar-refractivity contribution in [1.29, 1.82) is 0 Å². The normalized spacial score (nSPS) is 31.2. The van der Waals surface area contributed by atoms with E-state index in [-0.39, 0.29) is 12.1 Å². The average molecular weight is 456 g/mol. The first-order valence-electron chi connectivity index (χ1n) is 12.5. The van der Waals surface area contributed by atoms with Crippen molar-refractivity contribution in [2.75, 3.05) is 19.6 Å². The summed E-state index contributed by atoms with van der Waals surface area (Å²) in [6, 6.07) is 11.1. The van der Waals surface area contributed by atoms with Crippen LogP contribution in [-0.4, -0.2) is 70.4 Å². The van der Waals surface area contributed by atoms with Gasteiger partial charge in [-0.25, -0.2) is 0 Å². The van der Waals surface area contributed by atoms with Crippen molar-refractivity contribution >= 4 is 17.8 Å². The average Bonchev–Trinajstić information content (AvgIpc) is 2.82. The molecular formula is C26H37N3O4. The van der Waals surface area contributed by atoms with E-state index in [1.165, 1.54) is 12.0 Å². The summed E-state index contributed by atoms with van der Waals surface area (Å²) in [6.45, 7) is 3.68. The fourth-order valence-electron chi connectivity index (χ4n) is 6.36. The van der Waals surface area contributed by atoms with E-state index in [1.54, 1.807) is 0 Å². The Bertz CT molecular complexity index is 835. The lowest BCUT2D eigenvalue weighted by Crippen LogP contribution is -2.67. The largest absolute Gasteiger partial charge is 0.481 e. The second-order valence-corrected chi connectivity index (χ2v) is 10.0. The van der Waals surface area contributed by atoms with Crippen LogP contribution in [0.5, 0.6) is 0 Å². The van der Waals surface area contributed by atoms with Crippen LogP contribution in [0, 0.1) is 11.8 Å². The van der Waals surface area contributed by atoms with Gasteiger partial charge in [-0.15, -0.1) is 0 Å². The van der Waals surface area contributed by atoms with Crippen LogP contribution < -0.4 is 5.32 Å². The third kappa shape index (κ3) is 5.57. The maximum atomic E-state index is 13.3. The van der Waals surface area contributed by atoms with Crippen molar-refractivity contribution in [2.24, 2.45) is 11.8 Å². The summed E-state index contributed by atoms with van der Waals surface area (Å²) in [4.78, 5) is 39.6. The lowest BCUT2D eigenvalue weighted by molar-refractivity contribution is -0.157. The number of nitrogens with zero attached hydrogens (tertiary/aromatic N) is 2. The zero-order chi connectivity index (χ0) is 23.4. The Hall–Kier alpha value is -2.41. The molecule has 4 aliphatic heterocycles. The highest BCUT2D eigenvalue weighted by atomic mass is 16.4. The number of carboxylic acids is 1. The van der Waals surface area contributed by atoms with Crippen molar-refractivity contribution in [3.8, 4) is 0 Å². The predicted octanol–water partition coefficient (Wildman–Crippen LogP) is 2.69. The Morgan fingerprint density at radius 3 is 2.48 bits per heavy atom. The molecule has 2 N–H and O–H groups in total. The smallest absolute Gasteiger partial charge is 0.300 e. The van der Waals surface area contributed by atoms with Crippen molar-refractivity contribution in [1.82, 2.24) is 15.1 Å². The van der Waals surface area contributed by atoms with E-state index in [4.69, 9.17) is 9.90 Å². The molecule has 0 aliphatic carbocycles. The molecule has 0 radical (unpaired) electrons. The van der Waals surface area contributed by atoms with Gasteiger partial charge >= 0.3 is 0 Å². The van der Waals surface area contributed by atoms with Crippen LogP contribution in [0.25, 0.3) is 0 Å². The third-order valence-corrected chi connectivity index (χ3v) is 7.70. The van der Waals surface area contributed by atoms with E-state index < -0.39 is 5.97 Å². The van der Waals surface area contributed by atoms with Gasteiger partial charge in [0.2, 0.25) is 11.8 Å². The summed E-state index contributed by atoms with van der Waals surface area (Å²) < 4.78 is 0. The highest BCUT2D eigenvalue weighted by molar-refractivity contribution is 5.82. The molecule has 7 heteroatoms. The quantitative estimate of drug-likeness (QED) is 0.732. The van der Waals surface area contributed by atoms with Crippen LogP contribution in [0.1, 0.15) is 57.4 Å². The van der Waals surface area contributed by atoms with Gasteiger partial charge < -0.3 is 20.2 Å². The van der Waals surface area contributed by atoms with E-state index in [0.29, 0.717) is 36.1 Å². The molecule has 4 heterocycles. The molecule has 1 aromatic rings. The molecule has 1 aromatic carbocycles. The number of hydrogen-bond donors (Lipinski definition) is 2. The molecule has 2 bridgehead atoms. The highest BCUT2D eigenvalue weighted by Gasteiger charge is 2.50. The summed E-state index contributed by atoms with van der Waals surface area (Å²) >= 11 is 0. The van der Waals surface area contributed by atoms with Crippen molar-refractivity contribution in [3.63, 3.8) is 0 Å². The molecule has 2 amide bonds. The maximum absolute atomic E-state index is 13.3. The summed E-state index contributed by atoms with van der Waals surface area (Å²) in [5.41, 5.74) is 1.30. The number of benzene rings is 1. The van der Waals surface area contributed by atoms with Crippen molar-refractivity contribution in [3.05, 3.63) is 35.9 Å². The van der Waals surface area contributed by atoms with Gasteiger partial charge in [-0.2, -0.15) is 0 Å². The first-order chi connectivity index (χ1) is 15.9. The number of hydrogen-bond acceptors (Lipinski definition) is 4. The number of piperidine rings is 4. The molecule has 5 atom stereocenters. The van der Waals surface area contributed by atoms with E-state index in [2.05, 4.69) is 39.4 Å². The topological polar surface area (TPSA) is 89.9 Å². The van der Waals surface area contributed by atoms with Gasteiger partial charge in [0.05, 0.1) is 6.04 Å². The van der Waals surface area contributed by atoms with Crippen LogP contribution >= 0.6 is 0 Å². The molecule has 5 rings (SSSR count). The van der Waals surface area contributed by atoms with E-state index in [0.717, 1.165) is 65.1 Å². The Labute approximate surface area is 196 Å². The van der Waals surface area contributed by atoms with Crippen LogP contribution in [0.3, 0.4) is 0 Å². The zero-order valence-electron chi connectivity index (χ0n) is 19.6. The zero-order valence-corrected chi connectivity index (χ0v) is 19.6. The minimum absolute atomic E-state index is 0.000703. The number of carbonyl (C=O) groups is 3. The summed E-state index contributed by atoms with van der Waals surface area (Å²) in [7, 11) is 0. The van der Waals surface area contributed by atoms with Gasteiger partial charge in [-0.1, -0.05) is 36.8 Å². The van der Waals surface area contributed by atoms with Crippen LogP contribution in [0.15, 0.2) is 30.3 Å². The lowest BCUT2D eigenvalue weighted by Gasteiger charge is -2.57. The molecule has 0 unspecified atom stereocenters. The molecule has 4 fully saturated rings. The number of carboxylic acid groups (broad SMARTS) is 1. The fraction of sp³-hybridized carbons (Fsp3) is 0.654. The van der Waals surface area contributed by atoms with Gasteiger partial charge in [0.15, 0.2) is 0 Å².